The maximum Gasteiger partial charge on any atom is 0.260 e. The lowest BCUT2D eigenvalue weighted by atomic mass is 10.1. The van der Waals surface area contributed by atoms with Crippen molar-refractivity contribution in [2.75, 3.05) is 18.0 Å². The van der Waals surface area contributed by atoms with E-state index in [1.54, 1.807) is 43.2 Å². The zero-order chi connectivity index (χ0) is 24.5. The van der Waals surface area contributed by atoms with Gasteiger partial charge < -0.3 is 4.42 Å². The minimum atomic E-state index is -3.60. The van der Waals surface area contributed by atoms with Crippen LogP contribution in [-0.4, -0.2) is 36.7 Å². The predicted octanol–water partition coefficient (Wildman–Crippen LogP) is 5.38. The average Bonchev–Trinajstić information content (AvgIpc) is 3.47. The third-order valence-corrected chi connectivity index (χ3v) is 8.92. The van der Waals surface area contributed by atoms with E-state index in [9.17, 15) is 13.2 Å². The van der Waals surface area contributed by atoms with Crippen molar-refractivity contribution in [1.82, 2.24) is 9.29 Å². The van der Waals surface area contributed by atoms with Crippen LogP contribution in [0.5, 0.6) is 0 Å². The Bertz CT molecular complexity index is 1400. The van der Waals surface area contributed by atoms with Gasteiger partial charge in [-0.25, -0.2) is 13.4 Å². The second kappa shape index (κ2) is 9.69. The summed E-state index contributed by atoms with van der Waals surface area (Å²) in [6.45, 7) is 8.62. The van der Waals surface area contributed by atoms with Crippen molar-refractivity contribution >= 4 is 42.6 Å². The van der Waals surface area contributed by atoms with Crippen molar-refractivity contribution < 1.29 is 17.6 Å². The summed E-state index contributed by atoms with van der Waals surface area (Å²) >= 11 is 1.45. The molecule has 4 aromatic rings. The topological polar surface area (TPSA) is 83.7 Å². The molecular formula is C25H27N3O4S2. The van der Waals surface area contributed by atoms with Gasteiger partial charge in [-0.1, -0.05) is 31.3 Å². The van der Waals surface area contributed by atoms with E-state index >= 15 is 0 Å². The average molecular weight is 498 g/mol. The molecule has 0 aliphatic heterocycles. The number of rotatable bonds is 8. The maximum atomic E-state index is 13.6. The number of amides is 1. The van der Waals surface area contributed by atoms with Gasteiger partial charge in [0.1, 0.15) is 5.76 Å². The molecule has 0 spiro atoms. The molecule has 0 fully saturated rings. The third kappa shape index (κ3) is 4.64. The van der Waals surface area contributed by atoms with Crippen LogP contribution >= 0.6 is 11.3 Å². The number of thiazole rings is 1. The molecule has 34 heavy (non-hydrogen) atoms. The molecule has 9 heteroatoms. The fourth-order valence-corrected chi connectivity index (χ4v) is 6.37. The first-order valence-corrected chi connectivity index (χ1v) is 13.3. The molecule has 178 valence electrons. The van der Waals surface area contributed by atoms with E-state index in [1.165, 1.54) is 27.8 Å². The molecule has 2 aromatic carbocycles. The van der Waals surface area contributed by atoms with Crippen molar-refractivity contribution in [2.24, 2.45) is 0 Å². The number of anilines is 1. The Balaban J connectivity index is 1.71. The van der Waals surface area contributed by atoms with Gasteiger partial charge >= 0.3 is 0 Å². The number of carbonyl (C=O) groups is 1. The number of hydrogen-bond acceptors (Lipinski definition) is 6. The van der Waals surface area contributed by atoms with E-state index in [1.807, 2.05) is 26.0 Å². The number of furan rings is 1. The number of hydrogen-bond donors (Lipinski definition) is 0. The minimum Gasteiger partial charge on any atom is -0.467 e. The van der Waals surface area contributed by atoms with Gasteiger partial charge in [0, 0.05) is 18.7 Å². The van der Waals surface area contributed by atoms with Crippen LogP contribution in [0.3, 0.4) is 0 Å². The van der Waals surface area contributed by atoms with Crippen molar-refractivity contribution in [2.45, 2.75) is 39.1 Å². The number of aryl methyl sites for hydroxylation is 2. The SMILES string of the molecule is CCN(CC)S(=O)(=O)c1ccc(C(=O)N(Cc2ccco2)c2nc3cc(C)cc(C)c3s2)cc1. The molecule has 0 radical (unpaired) electrons. The molecule has 0 unspecified atom stereocenters. The van der Waals surface area contributed by atoms with Gasteiger partial charge in [0.15, 0.2) is 5.13 Å². The number of sulfonamides is 1. The number of fused-ring (bicyclic) bond motifs is 1. The summed E-state index contributed by atoms with van der Waals surface area (Å²) in [7, 11) is -3.60. The number of carbonyl (C=O) groups excluding carboxylic acids is 1. The predicted molar refractivity (Wildman–Crippen MR) is 135 cm³/mol. The lowest BCUT2D eigenvalue weighted by Gasteiger charge is -2.20. The molecule has 0 aliphatic carbocycles. The number of nitrogens with zero attached hydrogens (tertiary/aromatic N) is 3. The van der Waals surface area contributed by atoms with Crippen LogP contribution in [0, 0.1) is 13.8 Å². The van der Waals surface area contributed by atoms with E-state index in [2.05, 4.69) is 6.07 Å². The normalized spacial score (nSPS) is 11.9. The van der Waals surface area contributed by atoms with Crippen molar-refractivity contribution in [1.29, 1.82) is 0 Å². The first-order chi connectivity index (χ1) is 16.2. The number of benzene rings is 2. The molecular weight excluding hydrogens is 470 g/mol. The molecule has 4 rings (SSSR count). The standard InChI is InChI=1S/C25H27N3O4S2/c1-5-27(6-2)34(30,31)21-11-9-19(10-12-21)24(29)28(16-20-8-7-13-32-20)25-26-22-15-17(3)14-18(4)23(22)33-25/h7-15H,5-6,16H2,1-4H3. The summed E-state index contributed by atoms with van der Waals surface area (Å²) < 4.78 is 33.5. The Morgan fingerprint density at radius 1 is 1.06 bits per heavy atom. The Morgan fingerprint density at radius 3 is 2.38 bits per heavy atom. The van der Waals surface area contributed by atoms with Gasteiger partial charge in [-0.05, 0) is 67.4 Å². The first kappa shape index (κ1) is 24.1. The number of aromatic nitrogens is 1. The quantitative estimate of drug-likeness (QED) is 0.326. The van der Waals surface area contributed by atoms with Gasteiger partial charge in [0.05, 0.1) is 27.9 Å². The Morgan fingerprint density at radius 2 is 1.76 bits per heavy atom. The lowest BCUT2D eigenvalue weighted by Crippen LogP contribution is -2.31. The highest BCUT2D eigenvalue weighted by Crippen LogP contribution is 2.33. The van der Waals surface area contributed by atoms with Crippen molar-refractivity contribution in [3.63, 3.8) is 0 Å². The Hall–Kier alpha value is -3.01. The lowest BCUT2D eigenvalue weighted by molar-refractivity contribution is 0.0983. The van der Waals surface area contributed by atoms with Crippen LogP contribution in [-0.2, 0) is 16.6 Å². The van der Waals surface area contributed by atoms with Crippen molar-refractivity contribution in [3.05, 3.63) is 77.2 Å². The summed E-state index contributed by atoms with van der Waals surface area (Å²) in [5.41, 5.74) is 3.43. The molecule has 0 bridgehead atoms. The van der Waals surface area contributed by atoms with E-state index < -0.39 is 10.0 Å². The molecule has 7 nitrogen and oxygen atoms in total. The summed E-state index contributed by atoms with van der Waals surface area (Å²) in [5, 5.41) is 0.560. The third-order valence-electron chi connectivity index (χ3n) is 5.62. The fourth-order valence-electron chi connectivity index (χ4n) is 3.90. The van der Waals surface area contributed by atoms with E-state index in [4.69, 9.17) is 9.40 Å². The fraction of sp³-hybridized carbons (Fsp3) is 0.280. The van der Waals surface area contributed by atoms with Gasteiger partial charge in [-0.15, -0.1) is 0 Å². The highest BCUT2D eigenvalue weighted by atomic mass is 32.2. The summed E-state index contributed by atoms with van der Waals surface area (Å²) in [6.07, 6.45) is 1.57. The summed E-state index contributed by atoms with van der Waals surface area (Å²) in [6, 6.07) is 13.8. The van der Waals surface area contributed by atoms with Gasteiger partial charge in [-0.2, -0.15) is 4.31 Å². The molecule has 0 N–H and O–H groups in total. The molecule has 0 saturated heterocycles. The van der Waals surface area contributed by atoms with Gasteiger partial charge in [0.2, 0.25) is 10.0 Å². The van der Waals surface area contributed by atoms with E-state index in [-0.39, 0.29) is 17.3 Å². The molecule has 2 heterocycles. The van der Waals surface area contributed by atoms with Crippen molar-refractivity contribution in [3.8, 4) is 0 Å². The van der Waals surface area contributed by atoms with Gasteiger partial charge in [0.25, 0.3) is 5.91 Å². The molecule has 2 aromatic heterocycles. The molecule has 1 amide bonds. The highest BCUT2D eigenvalue weighted by molar-refractivity contribution is 7.89. The zero-order valence-electron chi connectivity index (χ0n) is 19.6. The second-order valence-electron chi connectivity index (χ2n) is 8.01. The highest BCUT2D eigenvalue weighted by Gasteiger charge is 2.25. The zero-order valence-corrected chi connectivity index (χ0v) is 21.2. The van der Waals surface area contributed by atoms with Crippen LogP contribution in [0.1, 0.15) is 41.1 Å². The molecule has 0 aliphatic rings. The first-order valence-electron chi connectivity index (χ1n) is 11.1. The van der Waals surface area contributed by atoms with Crippen LogP contribution in [0.2, 0.25) is 0 Å². The van der Waals surface area contributed by atoms with Crippen LogP contribution in [0.4, 0.5) is 5.13 Å². The largest absolute Gasteiger partial charge is 0.467 e. The molecule has 0 saturated carbocycles. The molecule has 0 atom stereocenters. The van der Waals surface area contributed by atoms with Gasteiger partial charge in [-0.3, -0.25) is 9.69 Å². The smallest absolute Gasteiger partial charge is 0.260 e. The van der Waals surface area contributed by atoms with E-state index in [0.29, 0.717) is 29.5 Å². The summed E-state index contributed by atoms with van der Waals surface area (Å²) in [4.78, 5) is 20.1. The maximum absolute atomic E-state index is 13.6. The van der Waals surface area contributed by atoms with Crippen LogP contribution < -0.4 is 4.90 Å². The second-order valence-corrected chi connectivity index (χ2v) is 10.9. The minimum absolute atomic E-state index is 0.163. The van der Waals surface area contributed by atoms with Crippen LogP contribution in [0.15, 0.2) is 64.1 Å². The monoisotopic (exact) mass is 497 g/mol. The van der Waals surface area contributed by atoms with Crippen LogP contribution in [0.25, 0.3) is 10.2 Å². The summed E-state index contributed by atoms with van der Waals surface area (Å²) in [5.74, 6) is 0.345. The van der Waals surface area contributed by atoms with E-state index in [0.717, 1.165) is 21.3 Å². The Labute approximate surface area is 203 Å². The Kier molecular flexibility index (Phi) is 6.88.